The second-order valence-corrected chi connectivity index (χ2v) is 4.93. The number of rotatable bonds is 5. The van der Waals surface area contributed by atoms with Gasteiger partial charge >= 0.3 is 0 Å². The van der Waals surface area contributed by atoms with E-state index in [2.05, 4.69) is 17.9 Å². The van der Waals surface area contributed by atoms with E-state index in [4.69, 9.17) is 9.47 Å². The van der Waals surface area contributed by atoms with Gasteiger partial charge in [-0.25, -0.2) is 0 Å². The molecule has 110 valence electrons. The summed E-state index contributed by atoms with van der Waals surface area (Å²) in [5.74, 6) is 1.24. The molecular formula is C16H17NO3S. The Morgan fingerprint density at radius 1 is 1.14 bits per heavy atom. The second-order valence-electron chi connectivity index (χ2n) is 4.41. The smallest absolute Gasteiger partial charge is 0.251 e. The minimum Gasteiger partial charge on any atom is -0.497 e. The average Bonchev–Trinajstić information content (AvgIpc) is 2.52. The number of nitrogens with one attached hydrogen (secondary N) is 1. The number of amides is 1. The molecule has 21 heavy (non-hydrogen) atoms. The molecule has 0 unspecified atom stereocenters. The summed E-state index contributed by atoms with van der Waals surface area (Å²) in [5.41, 5.74) is 1.46. The summed E-state index contributed by atoms with van der Waals surface area (Å²) in [6.07, 6.45) is 0. The van der Waals surface area contributed by atoms with Gasteiger partial charge in [0, 0.05) is 28.6 Å². The third-order valence-electron chi connectivity index (χ3n) is 3.04. The minimum atomic E-state index is -0.149. The van der Waals surface area contributed by atoms with Crippen LogP contribution in [0, 0.1) is 0 Å². The minimum absolute atomic E-state index is 0.149. The van der Waals surface area contributed by atoms with Gasteiger partial charge < -0.3 is 14.8 Å². The molecule has 0 spiro atoms. The highest BCUT2D eigenvalue weighted by Crippen LogP contribution is 2.24. The van der Waals surface area contributed by atoms with E-state index in [1.165, 1.54) is 0 Å². The van der Waals surface area contributed by atoms with Crippen LogP contribution in [0.3, 0.4) is 0 Å². The van der Waals surface area contributed by atoms with Crippen LogP contribution >= 0.6 is 12.6 Å². The van der Waals surface area contributed by atoms with Crippen LogP contribution in [0.25, 0.3) is 0 Å². The molecule has 0 aliphatic heterocycles. The van der Waals surface area contributed by atoms with E-state index in [0.717, 1.165) is 10.5 Å². The van der Waals surface area contributed by atoms with Crippen LogP contribution in [-0.4, -0.2) is 20.1 Å². The number of ether oxygens (including phenoxy) is 2. The van der Waals surface area contributed by atoms with E-state index in [9.17, 15) is 4.79 Å². The maximum atomic E-state index is 12.1. The van der Waals surface area contributed by atoms with Gasteiger partial charge in [0.2, 0.25) is 0 Å². The van der Waals surface area contributed by atoms with Crippen molar-refractivity contribution in [1.82, 2.24) is 5.32 Å². The first-order valence-electron chi connectivity index (χ1n) is 6.42. The molecule has 0 saturated carbocycles. The predicted molar refractivity (Wildman–Crippen MR) is 84.4 cm³/mol. The molecule has 0 radical (unpaired) electrons. The molecule has 0 atom stereocenters. The Morgan fingerprint density at radius 2 is 1.95 bits per heavy atom. The van der Waals surface area contributed by atoms with Crippen LogP contribution < -0.4 is 14.8 Å². The first-order valence-corrected chi connectivity index (χ1v) is 6.87. The topological polar surface area (TPSA) is 47.6 Å². The summed E-state index contributed by atoms with van der Waals surface area (Å²) in [4.78, 5) is 12.8. The molecule has 1 N–H and O–H groups in total. The van der Waals surface area contributed by atoms with E-state index in [0.29, 0.717) is 23.6 Å². The summed E-state index contributed by atoms with van der Waals surface area (Å²) in [7, 11) is 3.19. The molecule has 0 aliphatic carbocycles. The van der Waals surface area contributed by atoms with Gasteiger partial charge in [0.05, 0.1) is 14.2 Å². The van der Waals surface area contributed by atoms with Gasteiger partial charge in [0.1, 0.15) is 11.5 Å². The highest BCUT2D eigenvalue weighted by atomic mass is 32.1. The average molecular weight is 303 g/mol. The number of methoxy groups -OCH3 is 2. The zero-order valence-electron chi connectivity index (χ0n) is 11.9. The second kappa shape index (κ2) is 7.04. The molecule has 1 amide bonds. The van der Waals surface area contributed by atoms with Crippen LogP contribution in [0.4, 0.5) is 0 Å². The van der Waals surface area contributed by atoms with Crippen LogP contribution in [-0.2, 0) is 6.54 Å². The lowest BCUT2D eigenvalue weighted by Crippen LogP contribution is -2.23. The summed E-state index contributed by atoms with van der Waals surface area (Å²) in [6.45, 7) is 0.378. The highest BCUT2D eigenvalue weighted by molar-refractivity contribution is 7.80. The number of thiol groups is 1. The standard InChI is InChI=1S/C16H17NO3S/c1-19-13-7-6-12(15(9-13)20-2)10-17-16(18)11-4-3-5-14(21)8-11/h3-9,21H,10H2,1-2H3,(H,17,18). The first-order chi connectivity index (χ1) is 10.1. The Bertz CT molecular complexity index is 643. The van der Waals surface area contributed by atoms with Crippen LogP contribution in [0.2, 0.25) is 0 Å². The van der Waals surface area contributed by atoms with Crippen molar-refractivity contribution >= 4 is 18.5 Å². The predicted octanol–water partition coefficient (Wildman–Crippen LogP) is 2.92. The fourth-order valence-corrected chi connectivity index (χ4v) is 2.15. The Balaban J connectivity index is 2.07. The first kappa shape index (κ1) is 15.3. The summed E-state index contributed by atoms with van der Waals surface area (Å²) in [5, 5.41) is 2.86. The van der Waals surface area contributed by atoms with Gasteiger partial charge in [0.25, 0.3) is 5.91 Å². The van der Waals surface area contributed by atoms with Crippen LogP contribution in [0.1, 0.15) is 15.9 Å². The van der Waals surface area contributed by atoms with Crippen molar-refractivity contribution in [3.8, 4) is 11.5 Å². The van der Waals surface area contributed by atoms with E-state index in [1.807, 2.05) is 18.2 Å². The van der Waals surface area contributed by atoms with Crippen molar-refractivity contribution in [1.29, 1.82) is 0 Å². The monoisotopic (exact) mass is 303 g/mol. The van der Waals surface area contributed by atoms with Crippen molar-refractivity contribution < 1.29 is 14.3 Å². The SMILES string of the molecule is COc1ccc(CNC(=O)c2cccc(S)c2)c(OC)c1. The molecule has 5 heteroatoms. The van der Waals surface area contributed by atoms with Crippen molar-refractivity contribution in [3.63, 3.8) is 0 Å². The summed E-state index contributed by atoms with van der Waals surface area (Å²) >= 11 is 4.23. The Labute approximate surface area is 129 Å². The molecular weight excluding hydrogens is 286 g/mol. The number of hydrogen-bond donors (Lipinski definition) is 2. The van der Waals surface area contributed by atoms with Crippen molar-refractivity contribution in [2.45, 2.75) is 11.4 Å². The molecule has 0 bridgehead atoms. The molecule has 0 aromatic heterocycles. The maximum Gasteiger partial charge on any atom is 0.251 e. The number of carbonyl (C=O) groups excluding carboxylic acids is 1. The van der Waals surface area contributed by atoms with E-state index in [1.54, 1.807) is 38.5 Å². The quantitative estimate of drug-likeness (QED) is 0.835. The zero-order valence-corrected chi connectivity index (χ0v) is 12.8. The molecule has 4 nitrogen and oxygen atoms in total. The number of benzene rings is 2. The Kier molecular flexibility index (Phi) is 5.11. The van der Waals surface area contributed by atoms with Crippen molar-refractivity contribution in [3.05, 3.63) is 53.6 Å². The largest absolute Gasteiger partial charge is 0.497 e. The van der Waals surface area contributed by atoms with Gasteiger partial charge in [0.15, 0.2) is 0 Å². The van der Waals surface area contributed by atoms with Gasteiger partial charge in [-0.15, -0.1) is 12.6 Å². The van der Waals surface area contributed by atoms with Crippen LogP contribution in [0.5, 0.6) is 11.5 Å². The maximum absolute atomic E-state index is 12.1. The molecule has 0 saturated heterocycles. The highest BCUT2D eigenvalue weighted by Gasteiger charge is 2.09. The van der Waals surface area contributed by atoms with E-state index < -0.39 is 0 Å². The van der Waals surface area contributed by atoms with Gasteiger partial charge in [-0.2, -0.15) is 0 Å². The summed E-state index contributed by atoms with van der Waals surface area (Å²) in [6, 6.07) is 12.6. The Hall–Kier alpha value is -2.14. The molecule has 2 aromatic carbocycles. The normalized spacial score (nSPS) is 10.0. The molecule has 0 heterocycles. The number of carbonyl (C=O) groups is 1. The molecule has 2 rings (SSSR count). The van der Waals surface area contributed by atoms with Gasteiger partial charge in [-0.3, -0.25) is 4.79 Å². The zero-order chi connectivity index (χ0) is 15.2. The lowest BCUT2D eigenvalue weighted by molar-refractivity contribution is 0.0950. The van der Waals surface area contributed by atoms with Crippen molar-refractivity contribution in [2.24, 2.45) is 0 Å². The molecule has 0 aliphatic rings. The van der Waals surface area contributed by atoms with E-state index in [-0.39, 0.29) is 5.91 Å². The van der Waals surface area contributed by atoms with Gasteiger partial charge in [-0.05, 0) is 30.3 Å². The Morgan fingerprint density at radius 3 is 2.62 bits per heavy atom. The molecule has 2 aromatic rings. The third-order valence-corrected chi connectivity index (χ3v) is 3.32. The molecule has 0 fully saturated rings. The van der Waals surface area contributed by atoms with E-state index >= 15 is 0 Å². The van der Waals surface area contributed by atoms with Gasteiger partial charge in [-0.1, -0.05) is 6.07 Å². The fourth-order valence-electron chi connectivity index (χ4n) is 1.92. The number of hydrogen-bond acceptors (Lipinski definition) is 4. The van der Waals surface area contributed by atoms with Crippen molar-refractivity contribution in [2.75, 3.05) is 14.2 Å². The fraction of sp³-hybridized carbons (Fsp3) is 0.188. The lowest BCUT2D eigenvalue weighted by Gasteiger charge is -2.11. The third kappa shape index (κ3) is 3.92. The lowest BCUT2D eigenvalue weighted by atomic mass is 10.1. The summed E-state index contributed by atoms with van der Waals surface area (Å²) < 4.78 is 10.4. The van der Waals surface area contributed by atoms with Crippen LogP contribution in [0.15, 0.2) is 47.4 Å².